The molecule has 2 aromatic rings. The second-order valence-corrected chi connectivity index (χ2v) is 6.69. The van der Waals surface area contributed by atoms with Gasteiger partial charge in [0.25, 0.3) is 10.0 Å². The van der Waals surface area contributed by atoms with Crippen molar-refractivity contribution >= 4 is 33.4 Å². The minimum absolute atomic E-state index is 0.0991. The molecule has 0 aliphatic rings. The van der Waals surface area contributed by atoms with Crippen molar-refractivity contribution in [1.82, 2.24) is 9.97 Å². The fourth-order valence-corrected chi connectivity index (χ4v) is 2.79. The van der Waals surface area contributed by atoms with Crippen molar-refractivity contribution in [1.29, 1.82) is 0 Å². The third-order valence-corrected chi connectivity index (χ3v) is 3.97. The third kappa shape index (κ3) is 4.30. The van der Waals surface area contributed by atoms with E-state index in [4.69, 9.17) is 11.6 Å². The van der Waals surface area contributed by atoms with Crippen molar-refractivity contribution in [2.24, 2.45) is 0 Å². The third-order valence-electron chi connectivity index (χ3n) is 2.41. The molecule has 1 aromatic carbocycles. The Bertz CT molecular complexity index is 720. The molecule has 21 heavy (non-hydrogen) atoms. The van der Waals surface area contributed by atoms with E-state index >= 15 is 0 Å². The lowest BCUT2D eigenvalue weighted by Gasteiger charge is -2.11. The maximum absolute atomic E-state index is 12.2. The van der Waals surface area contributed by atoms with Crippen LogP contribution in [0.3, 0.4) is 0 Å². The zero-order valence-electron chi connectivity index (χ0n) is 11.5. The number of hydrogen-bond donors (Lipinski definition) is 2. The highest BCUT2D eigenvalue weighted by Crippen LogP contribution is 2.18. The van der Waals surface area contributed by atoms with Crippen LogP contribution in [-0.2, 0) is 10.0 Å². The molecule has 0 amide bonds. The lowest BCUT2D eigenvalue weighted by molar-refractivity contribution is 0.601. The highest BCUT2D eigenvalue weighted by molar-refractivity contribution is 7.92. The number of nitrogens with one attached hydrogen (secondary N) is 2. The number of halogens is 1. The first-order valence-electron chi connectivity index (χ1n) is 6.26. The van der Waals surface area contributed by atoms with E-state index < -0.39 is 10.0 Å². The molecule has 0 atom stereocenters. The van der Waals surface area contributed by atoms with Crippen molar-refractivity contribution < 1.29 is 8.42 Å². The second kappa shape index (κ2) is 6.28. The number of rotatable bonds is 5. The van der Waals surface area contributed by atoms with Crippen LogP contribution in [-0.4, -0.2) is 24.4 Å². The highest BCUT2D eigenvalue weighted by Gasteiger charge is 2.15. The summed E-state index contributed by atoms with van der Waals surface area (Å²) in [5, 5.41) is 3.12. The first kappa shape index (κ1) is 15.5. The standard InChI is InChI=1S/C13H15ClN4O2S/c1-9(2)15-13-16-11(14)8-12(17-13)18-21(19,20)10-6-4-3-5-7-10/h3-9H,1-2H3,(H2,15,16,17,18). The Morgan fingerprint density at radius 3 is 2.43 bits per heavy atom. The van der Waals surface area contributed by atoms with Crippen molar-refractivity contribution in [3.05, 3.63) is 41.6 Å². The van der Waals surface area contributed by atoms with Crippen molar-refractivity contribution in [2.75, 3.05) is 10.0 Å². The number of sulfonamides is 1. The summed E-state index contributed by atoms with van der Waals surface area (Å²) >= 11 is 5.88. The highest BCUT2D eigenvalue weighted by atomic mass is 35.5. The summed E-state index contributed by atoms with van der Waals surface area (Å²) in [6.45, 7) is 3.83. The van der Waals surface area contributed by atoms with Crippen LogP contribution in [0, 0.1) is 0 Å². The van der Waals surface area contributed by atoms with Crippen LogP contribution < -0.4 is 10.0 Å². The molecule has 0 bridgehead atoms. The molecule has 0 aliphatic heterocycles. The molecule has 0 aliphatic carbocycles. The van der Waals surface area contributed by atoms with E-state index in [9.17, 15) is 8.42 Å². The Kier molecular flexibility index (Phi) is 4.64. The summed E-state index contributed by atoms with van der Waals surface area (Å²) < 4.78 is 26.8. The van der Waals surface area contributed by atoms with Gasteiger partial charge in [-0.3, -0.25) is 4.72 Å². The van der Waals surface area contributed by atoms with Gasteiger partial charge in [-0.25, -0.2) is 13.4 Å². The summed E-state index contributed by atoms with van der Waals surface area (Å²) in [6, 6.07) is 9.48. The summed E-state index contributed by atoms with van der Waals surface area (Å²) in [7, 11) is -3.70. The molecular formula is C13H15ClN4O2S. The molecule has 0 saturated heterocycles. The zero-order valence-corrected chi connectivity index (χ0v) is 13.1. The van der Waals surface area contributed by atoms with E-state index in [0.29, 0.717) is 0 Å². The van der Waals surface area contributed by atoms with E-state index in [0.717, 1.165) is 0 Å². The monoisotopic (exact) mass is 326 g/mol. The van der Waals surface area contributed by atoms with Gasteiger partial charge >= 0.3 is 0 Å². The average Bonchev–Trinajstić information content (AvgIpc) is 2.37. The van der Waals surface area contributed by atoms with Crippen LogP contribution in [0.4, 0.5) is 11.8 Å². The lowest BCUT2D eigenvalue weighted by Crippen LogP contribution is -2.16. The molecule has 0 saturated carbocycles. The molecule has 0 radical (unpaired) electrons. The molecule has 2 N–H and O–H groups in total. The average molecular weight is 327 g/mol. The molecule has 1 heterocycles. The van der Waals surface area contributed by atoms with E-state index in [-0.39, 0.29) is 27.9 Å². The molecule has 112 valence electrons. The number of aromatic nitrogens is 2. The molecular weight excluding hydrogens is 312 g/mol. The normalized spacial score (nSPS) is 11.4. The maximum Gasteiger partial charge on any atom is 0.263 e. The molecule has 0 unspecified atom stereocenters. The minimum Gasteiger partial charge on any atom is -0.352 e. The topological polar surface area (TPSA) is 84.0 Å². The Hall–Kier alpha value is -1.86. The first-order chi connectivity index (χ1) is 9.87. The van der Waals surface area contributed by atoms with Gasteiger partial charge in [0.2, 0.25) is 5.95 Å². The smallest absolute Gasteiger partial charge is 0.263 e. The van der Waals surface area contributed by atoms with Crippen LogP contribution >= 0.6 is 11.6 Å². The van der Waals surface area contributed by atoms with Crippen molar-refractivity contribution in [2.45, 2.75) is 24.8 Å². The Labute approximate surface area is 128 Å². The summed E-state index contributed by atoms with van der Waals surface area (Å²) in [6.07, 6.45) is 0. The van der Waals surface area contributed by atoms with Gasteiger partial charge in [0.15, 0.2) is 0 Å². The fourth-order valence-electron chi connectivity index (χ4n) is 1.59. The van der Waals surface area contributed by atoms with Gasteiger partial charge in [-0.15, -0.1) is 0 Å². The Morgan fingerprint density at radius 2 is 1.81 bits per heavy atom. The summed E-state index contributed by atoms with van der Waals surface area (Å²) in [5.41, 5.74) is 0. The van der Waals surface area contributed by atoms with Gasteiger partial charge in [-0.05, 0) is 26.0 Å². The summed E-state index contributed by atoms with van der Waals surface area (Å²) in [4.78, 5) is 8.22. The number of hydrogen-bond acceptors (Lipinski definition) is 5. The SMILES string of the molecule is CC(C)Nc1nc(Cl)cc(NS(=O)(=O)c2ccccc2)n1. The zero-order chi connectivity index (χ0) is 15.5. The molecule has 6 nitrogen and oxygen atoms in total. The van der Waals surface area contributed by atoms with Gasteiger partial charge in [0, 0.05) is 12.1 Å². The van der Waals surface area contributed by atoms with Crippen LogP contribution in [0.1, 0.15) is 13.8 Å². The molecule has 2 rings (SSSR count). The minimum atomic E-state index is -3.70. The van der Waals surface area contributed by atoms with Crippen LogP contribution in [0.5, 0.6) is 0 Å². The van der Waals surface area contributed by atoms with Crippen molar-refractivity contribution in [3.8, 4) is 0 Å². The van der Waals surface area contributed by atoms with Crippen LogP contribution in [0.25, 0.3) is 0 Å². The Morgan fingerprint density at radius 1 is 1.14 bits per heavy atom. The second-order valence-electron chi connectivity index (χ2n) is 4.62. The van der Waals surface area contributed by atoms with Gasteiger partial charge in [-0.1, -0.05) is 29.8 Å². The summed E-state index contributed by atoms with van der Waals surface area (Å²) in [5.74, 6) is 0.380. The first-order valence-corrected chi connectivity index (χ1v) is 8.12. The van der Waals surface area contributed by atoms with E-state index in [1.165, 1.54) is 18.2 Å². The molecule has 1 aromatic heterocycles. The maximum atomic E-state index is 12.2. The Balaban J connectivity index is 2.29. The van der Waals surface area contributed by atoms with E-state index in [1.807, 2.05) is 13.8 Å². The molecule has 0 fully saturated rings. The molecule has 8 heteroatoms. The molecule has 0 spiro atoms. The van der Waals surface area contributed by atoms with Crippen LogP contribution in [0.2, 0.25) is 5.15 Å². The number of anilines is 2. The van der Waals surface area contributed by atoms with E-state index in [1.54, 1.807) is 18.2 Å². The number of benzene rings is 1. The van der Waals surface area contributed by atoms with Crippen LogP contribution in [0.15, 0.2) is 41.3 Å². The predicted molar refractivity (Wildman–Crippen MR) is 83.1 cm³/mol. The quantitative estimate of drug-likeness (QED) is 0.825. The predicted octanol–water partition coefficient (Wildman–Crippen LogP) is 2.75. The lowest BCUT2D eigenvalue weighted by atomic mass is 10.4. The fraction of sp³-hybridized carbons (Fsp3) is 0.231. The van der Waals surface area contributed by atoms with Crippen molar-refractivity contribution in [3.63, 3.8) is 0 Å². The van der Waals surface area contributed by atoms with Gasteiger partial charge in [0.05, 0.1) is 4.90 Å². The van der Waals surface area contributed by atoms with Gasteiger partial charge in [0.1, 0.15) is 11.0 Å². The van der Waals surface area contributed by atoms with Gasteiger partial charge < -0.3 is 5.32 Å². The van der Waals surface area contributed by atoms with Gasteiger partial charge in [-0.2, -0.15) is 4.98 Å². The number of nitrogens with zero attached hydrogens (tertiary/aromatic N) is 2. The van der Waals surface area contributed by atoms with E-state index in [2.05, 4.69) is 20.0 Å². The largest absolute Gasteiger partial charge is 0.352 e.